The topological polar surface area (TPSA) is 28.2 Å². The van der Waals surface area contributed by atoms with Gasteiger partial charge >= 0.3 is 0 Å². The molecule has 0 unspecified atom stereocenters. The van der Waals surface area contributed by atoms with Crippen LogP contribution in [0.2, 0.25) is 0 Å². The Morgan fingerprint density at radius 3 is 3.06 bits per heavy atom. The molecule has 1 aliphatic rings. The summed E-state index contributed by atoms with van der Waals surface area (Å²) in [6.45, 7) is 5.98. The molecule has 3 nitrogen and oxygen atoms in total. The normalized spacial score (nSPS) is 21.5. The summed E-state index contributed by atoms with van der Waals surface area (Å²) in [6.07, 6.45) is 2.97. The zero-order valence-electron chi connectivity index (χ0n) is 9.32. The molecule has 0 saturated carbocycles. The van der Waals surface area contributed by atoms with E-state index in [1.807, 2.05) is 0 Å². The van der Waals surface area contributed by atoms with E-state index in [-0.39, 0.29) is 18.2 Å². The first-order chi connectivity index (χ1) is 7.24. The summed E-state index contributed by atoms with van der Waals surface area (Å²) in [5, 5.41) is 3.38. The van der Waals surface area contributed by atoms with Gasteiger partial charge in [0, 0.05) is 38.4 Å². The van der Waals surface area contributed by atoms with Gasteiger partial charge in [-0.15, -0.1) is 12.4 Å². The van der Waals surface area contributed by atoms with Crippen molar-refractivity contribution in [2.45, 2.75) is 19.5 Å². The molecule has 1 saturated heterocycles. The van der Waals surface area contributed by atoms with Gasteiger partial charge in [0.15, 0.2) is 0 Å². The lowest BCUT2D eigenvalue weighted by Crippen LogP contribution is -2.48. The van der Waals surface area contributed by atoms with Crippen LogP contribution in [0, 0.1) is 5.82 Å². The largest absolute Gasteiger partial charge is 0.312 e. The third kappa shape index (κ3) is 3.70. The maximum atomic E-state index is 12.9. The summed E-state index contributed by atoms with van der Waals surface area (Å²) in [6, 6.07) is 2.07. The lowest BCUT2D eigenvalue weighted by atomic mass is 10.2. The maximum absolute atomic E-state index is 12.9. The summed E-state index contributed by atoms with van der Waals surface area (Å²) in [5.74, 6) is -0.254. The van der Waals surface area contributed by atoms with Gasteiger partial charge in [0.1, 0.15) is 5.82 Å². The molecule has 2 heterocycles. The minimum absolute atomic E-state index is 0. The van der Waals surface area contributed by atoms with Gasteiger partial charge in [0.25, 0.3) is 0 Å². The second-order valence-corrected chi connectivity index (χ2v) is 4.10. The Morgan fingerprint density at radius 1 is 1.56 bits per heavy atom. The molecule has 0 aromatic carbocycles. The SMILES string of the molecule is C[C@@H]1CN(Cc2cncc(F)c2)CCN1.Cl. The quantitative estimate of drug-likeness (QED) is 0.855. The highest BCUT2D eigenvalue weighted by Gasteiger charge is 2.15. The molecular weight excluding hydrogens is 229 g/mol. The first kappa shape index (κ1) is 13.4. The number of nitrogens with one attached hydrogen (secondary N) is 1. The van der Waals surface area contributed by atoms with Crippen molar-refractivity contribution >= 4 is 12.4 Å². The van der Waals surface area contributed by atoms with E-state index in [1.54, 1.807) is 12.3 Å². The minimum atomic E-state index is -0.254. The fraction of sp³-hybridized carbons (Fsp3) is 0.545. The first-order valence-corrected chi connectivity index (χ1v) is 5.29. The number of nitrogens with zero attached hydrogens (tertiary/aromatic N) is 2. The van der Waals surface area contributed by atoms with Crippen molar-refractivity contribution in [2.75, 3.05) is 19.6 Å². The lowest BCUT2D eigenvalue weighted by molar-refractivity contribution is 0.199. The van der Waals surface area contributed by atoms with Gasteiger partial charge in [0.05, 0.1) is 6.20 Å². The number of rotatable bonds is 2. The van der Waals surface area contributed by atoms with Crippen molar-refractivity contribution in [1.82, 2.24) is 15.2 Å². The third-order valence-corrected chi connectivity index (χ3v) is 2.62. The Balaban J connectivity index is 0.00000128. The summed E-state index contributed by atoms with van der Waals surface area (Å²) < 4.78 is 12.9. The van der Waals surface area contributed by atoms with Crippen LogP contribution in [0.3, 0.4) is 0 Å². The Morgan fingerprint density at radius 2 is 2.38 bits per heavy atom. The molecule has 0 aliphatic carbocycles. The van der Waals surface area contributed by atoms with Crippen LogP contribution in [0.15, 0.2) is 18.5 Å². The van der Waals surface area contributed by atoms with E-state index in [1.165, 1.54) is 6.20 Å². The van der Waals surface area contributed by atoms with Gasteiger partial charge in [-0.2, -0.15) is 0 Å². The third-order valence-electron chi connectivity index (χ3n) is 2.62. The van der Waals surface area contributed by atoms with Crippen LogP contribution in [-0.2, 0) is 6.54 Å². The van der Waals surface area contributed by atoms with Crippen molar-refractivity contribution in [2.24, 2.45) is 0 Å². The Bertz CT molecular complexity index is 335. The zero-order valence-corrected chi connectivity index (χ0v) is 10.1. The van der Waals surface area contributed by atoms with Gasteiger partial charge < -0.3 is 5.32 Å². The number of hydrogen-bond donors (Lipinski definition) is 1. The zero-order chi connectivity index (χ0) is 10.7. The number of aromatic nitrogens is 1. The van der Waals surface area contributed by atoms with Crippen molar-refractivity contribution in [3.05, 3.63) is 29.8 Å². The standard InChI is InChI=1S/C11H16FN3.ClH/c1-9-7-15(3-2-14-9)8-10-4-11(12)6-13-5-10;/h4-6,9,14H,2-3,7-8H2,1H3;1H/t9-;/m1./s1. The predicted octanol–water partition coefficient (Wildman–Crippen LogP) is 1.44. The molecule has 0 radical (unpaired) electrons. The van der Waals surface area contributed by atoms with Crippen molar-refractivity contribution < 1.29 is 4.39 Å². The molecule has 2 rings (SSSR count). The summed E-state index contributed by atoms with van der Waals surface area (Å²) in [5.41, 5.74) is 0.948. The van der Waals surface area contributed by atoms with Crippen LogP contribution in [0.1, 0.15) is 12.5 Å². The van der Waals surface area contributed by atoms with Gasteiger partial charge in [-0.1, -0.05) is 0 Å². The molecule has 90 valence electrons. The van der Waals surface area contributed by atoms with Crippen LogP contribution in [0.25, 0.3) is 0 Å². The van der Waals surface area contributed by atoms with Gasteiger partial charge in [0.2, 0.25) is 0 Å². The molecule has 0 spiro atoms. The molecule has 16 heavy (non-hydrogen) atoms. The fourth-order valence-electron chi connectivity index (χ4n) is 1.96. The fourth-order valence-corrected chi connectivity index (χ4v) is 1.96. The molecule has 1 aromatic rings. The van der Waals surface area contributed by atoms with Crippen molar-refractivity contribution in [1.29, 1.82) is 0 Å². The molecular formula is C11H17ClFN3. The summed E-state index contributed by atoms with van der Waals surface area (Å²) in [4.78, 5) is 6.17. The Labute approximate surface area is 101 Å². The minimum Gasteiger partial charge on any atom is -0.312 e. The lowest BCUT2D eigenvalue weighted by Gasteiger charge is -2.31. The molecule has 0 bridgehead atoms. The van der Waals surface area contributed by atoms with E-state index < -0.39 is 0 Å². The number of hydrogen-bond acceptors (Lipinski definition) is 3. The maximum Gasteiger partial charge on any atom is 0.141 e. The van der Waals surface area contributed by atoms with Gasteiger partial charge in [-0.3, -0.25) is 9.88 Å². The smallest absolute Gasteiger partial charge is 0.141 e. The van der Waals surface area contributed by atoms with E-state index >= 15 is 0 Å². The van der Waals surface area contributed by atoms with Gasteiger partial charge in [-0.25, -0.2) is 4.39 Å². The number of pyridine rings is 1. The van der Waals surface area contributed by atoms with Crippen LogP contribution >= 0.6 is 12.4 Å². The Kier molecular flexibility index (Phi) is 5.12. The van der Waals surface area contributed by atoms with E-state index in [2.05, 4.69) is 22.1 Å². The van der Waals surface area contributed by atoms with E-state index in [9.17, 15) is 4.39 Å². The predicted molar refractivity (Wildman–Crippen MR) is 64.2 cm³/mol. The highest BCUT2D eigenvalue weighted by atomic mass is 35.5. The van der Waals surface area contributed by atoms with Crippen molar-refractivity contribution in [3.63, 3.8) is 0 Å². The molecule has 1 aliphatic heterocycles. The number of piperazine rings is 1. The highest BCUT2D eigenvalue weighted by molar-refractivity contribution is 5.85. The Hall–Kier alpha value is -0.710. The molecule has 1 aromatic heterocycles. The van der Waals surface area contributed by atoms with Crippen LogP contribution in [0.5, 0.6) is 0 Å². The molecule has 1 atom stereocenters. The van der Waals surface area contributed by atoms with E-state index in [0.29, 0.717) is 6.04 Å². The average Bonchev–Trinajstić information content (AvgIpc) is 2.17. The van der Waals surface area contributed by atoms with E-state index in [4.69, 9.17) is 0 Å². The molecule has 1 N–H and O–H groups in total. The molecule has 1 fully saturated rings. The average molecular weight is 246 g/mol. The first-order valence-electron chi connectivity index (χ1n) is 5.29. The highest BCUT2D eigenvalue weighted by Crippen LogP contribution is 2.07. The van der Waals surface area contributed by atoms with Crippen LogP contribution in [0.4, 0.5) is 4.39 Å². The molecule has 0 amide bonds. The van der Waals surface area contributed by atoms with Crippen molar-refractivity contribution in [3.8, 4) is 0 Å². The number of halogens is 2. The second-order valence-electron chi connectivity index (χ2n) is 4.10. The van der Waals surface area contributed by atoms with Gasteiger partial charge in [-0.05, 0) is 18.6 Å². The molecule has 5 heteroatoms. The monoisotopic (exact) mass is 245 g/mol. The van der Waals surface area contributed by atoms with Crippen LogP contribution in [-0.4, -0.2) is 35.6 Å². The summed E-state index contributed by atoms with van der Waals surface area (Å²) >= 11 is 0. The second kappa shape index (κ2) is 6.13. The van der Waals surface area contributed by atoms with E-state index in [0.717, 1.165) is 31.7 Å². The summed E-state index contributed by atoms with van der Waals surface area (Å²) in [7, 11) is 0. The van der Waals surface area contributed by atoms with Crippen LogP contribution < -0.4 is 5.32 Å².